The highest BCUT2D eigenvalue weighted by molar-refractivity contribution is 5.43. The summed E-state index contributed by atoms with van der Waals surface area (Å²) in [7, 11) is 0. The van der Waals surface area contributed by atoms with Crippen molar-refractivity contribution in [1.29, 1.82) is 0 Å². The molecule has 0 spiro atoms. The van der Waals surface area contributed by atoms with Crippen molar-refractivity contribution in [3.63, 3.8) is 0 Å². The summed E-state index contributed by atoms with van der Waals surface area (Å²) in [6, 6.07) is 8.43. The predicted octanol–water partition coefficient (Wildman–Crippen LogP) is 2.49. The molecule has 1 saturated carbocycles. The summed E-state index contributed by atoms with van der Waals surface area (Å²) in [5.74, 6) is 1.69. The van der Waals surface area contributed by atoms with Gasteiger partial charge in [0, 0.05) is 0 Å². The van der Waals surface area contributed by atoms with Gasteiger partial charge in [-0.1, -0.05) is 42.3 Å². The Morgan fingerprint density at radius 3 is 2.79 bits per heavy atom. The van der Waals surface area contributed by atoms with Gasteiger partial charge in [-0.2, -0.15) is 4.98 Å². The molecule has 1 heterocycles. The Morgan fingerprint density at radius 2 is 2.00 bits per heavy atom. The zero-order valence-electron chi connectivity index (χ0n) is 10.8. The fourth-order valence-electron chi connectivity index (χ4n) is 3.29. The van der Waals surface area contributed by atoms with E-state index >= 15 is 0 Å². The number of hydrogen-bond acceptors (Lipinski definition) is 4. The third kappa shape index (κ3) is 1.63. The van der Waals surface area contributed by atoms with Gasteiger partial charge in [-0.25, -0.2) is 0 Å². The normalized spacial score (nSPS) is 23.9. The molecule has 1 unspecified atom stereocenters. The van der Waals surface area contributed by atoms with E-state index in [1.54, 1.807) is 0 Å². The molecular weight excluding hydrogens is 238 g/mol. The van der Waals surface area contributed by atoms with Crippen LogP contribution in [0.15, 0.2) is 28.8 Å². The lowest BCUT2D eigenvalue weighted by Gasteiger charge is -2.26. The zero-order chi connectivity index (χ0) is 12.9. The van der Waals surface area contributed by atoms with Gasteiger partial charge in [-0.05, 0) is 30.4 Å². The summed E-state index contributed by atoms with van der Waals surface area (Å²) in [4.78, 5) is 4.58. The van der Waals surface area contributed by atoms with Crippen molar-refractivity contribution in [1.82, 2.24) is 10.1 Å². The molecule has 0 radical (unpaired) electrons. The first-order valence-corrected chi connectivity index (χ1v) is 6.97. The number of nitrogens with zero attached hydrogens (tertiary/aromatic N) is 2. The molecule has 98 valence electrons. The second-order valence-corrected chi connectivity index (χ2v) is 5.77. The van der Waals surface area contributed by atoms with Crippen LogP contribution in [0.3, 0.4) is 0 Å². The third-order valence-electron chi connectivity index (χ3n) is 4.54. The summed E-state index contributed by atoms with van der Waals surface area (Å²) >= 11 is 0. The van der Waals surface area contributed by atoms with E-state index < -0.39 is 0 Å². The fraction of sp³-hybridized carbons (Fsp3) is 0.467. The molecule has 0 saturated heterocycles. The van der Waals surface area contributed by atoms with Crippen LogP contribution in [-0.4, -0.2) is 10.1 Å². The van der Waals surface area contributed by atoms with E-state index in [2.05, 4.69) is 34.4 Å². The molecule has 1 fully saturated rings. The molecule has 1 aromatic heterocycles. The minimum atomic E-state index is -0.356. The summed E-state index contributed by atoms with van der Waals surface area (Å²) in [6.45, 7) is 0. The van der Waals surface area contributed by atoms with Crippen LogP contribution < -0.4 is 5.73 Å². The van der Waals surface area contributed by atoms with E-state index in [0.29, 0.717) is 5.82 Å². The molecule has 2 aliphatic rings. The van der Waals surface area contributed by atoms with Crippen molar-refractivity contribution < 1.29 is 4.52 Å². The van der Waals surface area contributed by atoms with Crippen LogP contribution in [0.5, 0.6) is 0 Å². The van der Waals surface area contributed by atoms with Gasteiger partial charge in [-0.15, -0.1) is 0 Å². The van der Waals surface area contributed by atoms with Gasteiger partial charge in [-0.3, -0.25) is 0 Å². The Balaban J connectivity index is 1.63. The highest BCUT2D eigenvalue weighted by Gasteiger charge is 2.38. The maximum absolute atomic E-state index is 6.36. The first-order chi connectivity index (χ1) is 9.26. The first-order valence-electron chi connectivity index (χ1n) is 6.97. The summed E-state index contributed by atoms with van der Waals surface area (Å²) in [5.41, 5.74) is 8.71. The van der Waals surface area contributed by atoms with Crippen molar-refractivity contribution >= 4 is 0 Å². The third-order valence-corrected chi connectivity index (χ3v) is 4.54. The molecule has 4 rings (SSSR count). The van der Waals surface area contributed by atoms with E-state index in [9.17, 15) is 0 Å². The van der Waals surface area contributed by atoms with E-state index in [1.807, 2.05) is 0 Å². The average molecular weight is 255 g/mol. The second kappa shape index (κ2) is 3.90. The van der Waals surface area contributed by atoms with Gasteiger partial charge >= 0.3 is 0 Å². The average Bonchev–Trinajstić information content (AvgIpc) is 3.01. The highest BCUT2D eigenvalue weighted by Crippen LogP contribution is 2.40. The van der Waals surface area contributed by atoms with Crippen LogP contribution >= 0.6 is 0 Å². The molecule has 4 nitrogen and oxygen atoms in total. The Bertz CT molecular complexity index is 613. The molecule has 2 aliphatic carbocycles. The van der Waals surface area contributed by atoms with Crippen LogP contribution in [0.4, 0.5) is 0 Å². The summed E-state index contributed by atoms with van der Waals surface area (Å²) in [6.07, 6.45) is 5.25. The van der Waals surface area contributed by atoms with Gasteiger partial charge in [0.25, 0.3) is 0 Å². The van der Waals surface area contributed by atoms with Crippen LogP contribution in [0.25, 0.3) is 0 Å². The maximum Gasteiger partial charge on any atom is 0.234 e. The zero-order valence-corrected chi connectivity index (χ0v) is 10.8. The van der Waals surface area contributed by atoms with Gasteiger partial charge in [0.05, 0.1) is 11.5 Å². The second-order valence-electron chi connectivity index (χ2n) is 5.77. The van der Waals surface area contributed by atoms with Gasteiger partial charge in [0.15, 0.2) is 5.82 Å². The molecule has 2 aromatic rings. The Labute approximate surface area is 112 Å². The first kappa shape index (κ1) is 11.2. The number of aromatic nitrogens is 2. The molecule has 4 heteroatoms. The molecule has 0 amide bonds. The monoisotopic (exact) mass is 255 g/mol. The molecule has 19 heavy (non-hydrogen) atoms. The van der Waals surface area contributed by atoms with Gasteiger partial charge < -0.3 is 10.3 Å². The van der Waals surface area contributed by atoms with E-state index in [1.165, 1.54) is 11.1 Å². The maximum atomic E-state index is 6.36. The van der Waals surface area contributed by atoms with Crippen LogP contribution in [0, 0.1) is 0 Å². The number of rotatable bonds is 2. The number of fused-ring (bicyclic) bond motifs is 1. The molecule has 0 bridgehead atoms. The van der Waals surface area contributed by atoms with Crippen LogP contribution in [0.1, 0.15) is 54.4 Å². The summed E-state index contributed by atoms with van der Waals surface area (Å²) in [5, 5.41) is 4.13. The molecule has 0 aliphatic heterocycles. The van der Waals surface area contributed by atoms with Crippen molar-refractivity contribution in [3.8, 4) is 0 Å². The SMILES string of the molecule is NC1(c2noc(C3Cc4ccccc43)n2)CCCC1. The quantitative estimate of drug-likeness (QED) is 0.895. The smallest absolute Gasteiger partial charge is 0.234 e. The fourth-order valence-corrected chi connectivity index (χ4v) is 3.29. The number of hydrogen-bond donors (Lipinski definition) is 1. The van der Waals surface area contributed by atoms with Crippen molar-refractivity contribution in [2.45, 2.75) is 43.6 Å². The standard InChI is InChI=1S/C15H17N3O/c16-15(7-3-4-8-15)14-17-13(19-18-14)12-9-10-5-1-2-6-11(10)12/h1-2,5-6,12H,3-4,7-9,16H2. The molecule has 2 N–H and O–H groups in total. The lowest BCUT2D eigenvalue weighted by Crippen LogP contribution is -2.34. The Morgan fingerprint density at radius 1 is 1.21 bits per heavy atom. The Kier molecular flexibility index (Phi) is 2.30. The largest absolute Gasteiger partial charge is 0.339 e. The Hall–Kier alpha value is -1.68. The topological polar surface area (TPSA) is 64.9 Å². The molecule has 1 aromatic carbocycles. The lowest BCUT2D eigenvalue weighted by atomic mass is 9.77. The van der Waals surface area contributed by atoms with Gasteiger partial charge in [0.1, 0.15) is 0 Å². The summed E-state index contributed by atoms with van der Waals surface area (Å²) < 4.78 is 5.46. The van der Waals surface area contributed by atoms with Gasteiger partial charge in [0.2, 0.25) is 5.89 Å². The minimum absolute atomic E-state index is 0.266. The van der Waals surface area contributed by atoms with Crippen molar-refractivity contribution in [2.24, 2.45) is 5.73 Å². The molecular formula is C15H17N3O. The van der Waals surface area contributed by atoms with E-state index in [0.717, 1.165) is 38.0 Å². The van der Waals surface area contributed by atoms with Crippen molar-refractivity contribution in [2.75, 3.05) is 0 Å². The minimum Gasteiger partial charge on any atom is -0.339 e. The van der Waals surface area contributed by atoms with Crippen LogP contribution in [-0.2, 0) is 12.0 Å². The lowest BCUT2D eigenvalue weighted by molar-refractivity contribution is 0.335. The van der Waals surface area contributed by atoms with E-state index in [4.69, 9.17) is 10.3 Å². The molecule has 1 atom stereocenters. The number of nitrogens with two attached hydrogens (primary N) is 1. The number of benzene rings is 1. The predicted molar refractivity (Wildman–Crippen MR) is 70.6 cm³/mol. The van der Waals surface area contributed by atoms with E-state index in [-0.39, 0.29) is 11.5 Å². The van der Waals surface area contributed by atoms with Crippen LogP contribution in [0.2, 0.25) is 0 Å². The van der Waals surface area contributed by atoms with Crippen molar-refractivity contribution in [3.05, 3.63) is 47.1 Å². The highest BCUT2D eigenvalue weighted by atomic mass is 16.5.